The van der Waals surface area contributed by atoms with Crippen molar-refractivity contribution in [2.75, 3.05) is 26.2 Å². The highest BCUT2D eigenvalue weighted by molar-refractivity contribution is 5.84. The van der Waals surface area contributed by atoms with Gasteiger partial charge in [0.05, 0.1) is 6.61 Å². The number of nitrogens with one attached hydrogen (secondary N) is 1. The van der Waals surface area contributed by atoms with Crippen LogP contribution in [0.1, 0.15) is 45.1 Å². The van der Waals surface area contributed by atoms with Crippen LogP contribution in [0.25, 0.3) is 0 Å². The molecular weight excluding hydrogens is 378 g/mol. The first-order valence-corrected chi connectivity index (χ1v) is 10.6. The highest BCUT2D eigenvalue weighted by Crippen LogP contribution is 2.15. The average Bonchev–Trinajstić information content (AvgIpc) is 2.69. The van der Waals surface area contributed by atoms with Gasteiger partial charge in [-0.15, -0.1) is 0 Å². The van der Waals surface area contributed by atoms with Gasteiger partial charge in [0.1, 0.15) is 11.8 Å². The summed E-state index contributed by atoms with van der Waals surface area (Å²) in [5, 5.41) is 2.66. The standard InChI is InChI=1S/C24H37N3O3/c1-19(2)16-27(17-20(3)4)24(29)23(26-18-28)15-21-9-11-22(12-10-21)30-14-8-6-5-7-13-25/h9-12,18,23H,1,3,5-8,13-17,25H2,2,4H3,(H,26,28). The van der Waals surface area contributed by atoms with Gasteiger partial charge in [-0.2, -0.15) is 0 Å². The summed E-state index contributed by atoms with van der Waals surface area (Å²) in [5.74, 6) is 0.654. The van der Waals surface area contributed by atoms with Crippen molar-refractivity contribution in [3.63, 3.8) is 0 Å². The van der Waals surface area contributed by atoms with Gasteiger partial charge in [-0.25, -0.2) is 0 Å². The molecule has 0 aliphatic rings. The van der Waals surface area contributed by atoms with E-state index in [9.17, 15) is 9.59 Å². The molecular formula is C24H37N3O3. The summed E-state index contributed by atoms with van der Waals surface area (Å²) in [6.45, 7) is 13.8. The van der Waals surface area contributed by atoms with Gasteiger partial charge in [0.15, 0.2) is 0 Å². The molecule has 3 N–H and O–H groups in total. The quantitative estimate of drug-likeness (QED) is 0.247. The van der Waals surface area contributed by atoms with Crippen molar-refractivity contribution in [2.45, 2.75) is 52.0 Å². The lowest BCUT2D eigenvalue weighted by atomic mass is 10.0. The van der Waals surface area contributed by atoms with E-state index in [2.05, 4.69) is 18.5 Å². The second-order valence-corrected chi connectivity index (χ2v) is 7.85. The van der Waals surface area contributed by atoms with Crippen LogP contribution in [0, 0.1) is 0 Å². The number of carbonyl (C=O) groups excluding carboxylic acids is 2. The van der Waals surface area contributed by atoms with Crippen molar-refractivity contribution in [1.82, 2.24) is 10.2 Å². The fourth-order valence-electron chi connectivity index (χ4n) is 3.13. The molecule has 0 aliphatic carbocycles. The van der Waals surface area contributed by atoms with Crippen molar-refractivity contribution < 1.29 is 14.3 Å². The lowest BCUT2D eigenvalue weighted by molar-refractivity contribution is -0.134. The van der Waals surface area contributed by atoms with Crippen LogP contribution >= 0.6 is 0 Å². The van der Waals surface area contributed by atoms with Gasteiger partial charge in [-0.05, 0) is 50.9 Å². The van der Waals surface area contributed by atoms with Gasteiger partial charge < -0.3 is 20.7 Å². The topological polar surface area (TPSA) is 84.7 Å². The molecule has 1 rings (SSSR count). The van der Waals surface area contributed by atoms with Gasteiger partial charge in [0.25, 0.3) is 0 Å². The first-order chi connectivity index (χ1) is 14.4. The third kappa shape index (κ3) is 10.3. The zero-order chi connectivity index (χ0) is 22.4. The number of hydrogen-bond donors (Lipinski definition) is 2. The van der Waals surface area contributed by atoms with Gasteiger partial charge >= 0.3 is 0 Å². The van der Waals surface area contributed by atoms with E-state index in [4.69, 9.17) is 10.5 Å². The number of ether oxygens (including phenoxy) is 1. The Kier molecular flexibility index (Phi) is 12.2. The minimum absolute atomic E-state index is 0.147. The molecule has 0 fully saturated rings. The summed E-state index contributed by atoms with van der Waals surface area (Å²) in [4.78, 5) is 25.8. The number of amides is 2. The van der Waals surface area contributed by atoms with Crippen LogP contribution in [0.4, 0.5) is 0 Å². The highest BCUT2D eigenvalue weighted by atomic mass is 16.5. The minimum atomic E-state index is -0.643. The molecule has 6 heteroatoms. The summed E-state index contributed by atoms with van der Waals surface area (Å²) in [5.41, 5.74) is 8.19. The molecule has 1 aromatic rings. The summed E-state index contributed by atoms with van der Waals surface area (Å²) >= 11 is 0. The monoisotopic (exact) mass is 415 g/mol. The molecule has 0 saturated carbocycles. The van der Waals surface area contributed by atoms with Gasteiger partial charge in [-0.3, -0.25) is 9.59 Å². The van der Waals surface area contributed by atoms with Crippen LogP contribution in [-0.4, -0.2) is 49.5 Å². The van der Waals surface area contributed by atoms with Crippen molar-refractivity contribution in [1.29, 1.82) is 0 Å². The maximum Gasteiger partial charge on any atom is 0.246 e. The molecule has 6 nitrogen and oxygen atoms in total. The Hall–Kier alpha value is -2.60. The average molecular weight is 416 g/mol. The molecule has 2 amide bonds. The van der Waals surface area contributed by atoms with Crippen LogP contribution in [0.3, 0.4) is 0 Å². The number of hydrogen-bond acceptors (Lipinski definition) is 4. The van der Waals surface area contributed by atoms with E-state index in [1.165, 1.54) is 0 Å². The Balaban J connectivity index is 2.68. The lowest BCUT2D eigenvalue weighted by Crippen LogP contribution is -2.48. The molecule has 166 valence electrons. The van der Waals surface area contributed by atoms with Gasteiger partial charge in [0.2, 0.25) is 12.3 Å². The Labute approximate surface area is 181 Å². The highest BCUT2D eigenvalue weighted by Gasteiger charge is 2.24. The number of nitrogens with two attached hydrogens (primary N) is 1. The van der Waals surface area contributed by atoms with Crippen LogP contribution in [0.5, 0.6) is 5.75 Å². The molecule has 0 heterocycles. The van der Waals surface area contributed by atoms with E-state index in [0.29, 0.717) is 32.5 Å². The van der Waals surface area contributed by atoms with Gasteiger partial charge in [-0.1, -0.05) is 49.3 Å². The van der Waals surface area contributed by atoms with E-state index in [1.54, 1.807) is 4.90 Å². The Morgan fingerprint density at radius 1 is 1.10 bits per heavy atom. The van der Waals surface area contributed by atoms with E-state index in [-0.39, 0.29) is 5.91 Å². The summed E-state index contributed by atoms with van der Waals surface area (Å²) < 4.78 is 5.77. The van der Waals surface area contributed by atoms with Crippen molar-refractivity contribution in [3.8, 4) is 5.75 Å². The van der Waals surface area contributed by atoms with Crippen molar-refractivity contribution in [2.24, 2.45) is 5.73 Å². The Morgan fingerprint density at radius 2 is 1.70 bits per heavy atom. The summed E-state index contributed by atoms with van der Waals surface area (Å²) in [6.07, 6.45) is 5.28. The predicted octanol–water partition coefficient (Wildman–Crippen LogP) is 3.22. The Bertz CT molecular complexity index is 669. The molecule has 30 heavy (non-hydrogen) atoms. The van der Waals surface area contributed by atoms with E-state index in [1.807, 2.05) is 38.1 Å². The number of carbonyl (C=O) groups is 2. The normalized spacial score (nSPS) is 11.4. The van der Waals surface area contributed by atoms with Crippen molar-refractivity contribution >= 4 is 12.3 Å². The van der Waals surface area contributed by atoms with E-state index < -0.39 is 6.04 Å². The fraction of sp³-hybridized carbons (Fsp3) is 0.500. The minimum Gasteiger partial charge on any atom is -0.494 e. The lowest BCUT2D eigenvalue weighted by Gasteiger charge is -2.27. The molecule has 0 spiro atoms. The fourth-order valence-corrected chi connectivity index (χ4v) is 3.13. The molecule has 0 aliphatic heterocycles. The molecule has 1 unspecified atom stereocenters. The van der Waals surface area contributed by atoms with E-state index in [0.717, 1.165) is 54.7 Å². The summed E-state index contributed by atoms with van der Waals surface area (Å²) in [7, 11) is 0. The first-order valence-electron chi connectivity index (χ1n) is 10.6. The number of benzene rings is 1. The first kappa shape index (κ1) is 25.4. The molecule has 0 aromatic heterocycles. The maximum atomic E-state index is 13.0. The zero-order valence-corrected chi connectivity index (χ0v) is 18.5. The second-order valence-electron chi connectivity index (χ2n) is 7.85. The van der Waals surface area contributed by atoms with Crippen LogP contribution in [0.2, 0.25) is 0 Å². The van der Waals surface area contributed by atoms with Crippen molar-refractivity contribution in [3.05, 3.63) is 54.1 Å². The molecule has 0 bridgehead atoms. The number of rotatable bonds is 16. The molecule has 1 atom stereocenters. The Morgan fingerprint density at radius 3 is 2.23 bits per heavy atom. The van der Waals surface area contributed by atoms with E-state index >= 15 is 0 Å². The second kappa shape index (κ2) is 14.4. The molecule has 1 aromatic carbocycles. The zero-order valence-electron chi connectivity index (χ0n) is 18.5. The third-order valence-corrected chi connectivity index (χ3v) is 4.53. The van der Waals surface area contributed by atoms with Gasteiger partial charge in [0, 0.05) is 19.5 Å². The number of unbranched alkanes of at least 4 members (excludes halogenated alkanes) is 3. The summed E-state index contributed by atoms with van der Waals surface area (Å²) in [6, 6.07) is 7.01. The largest absolute Gasteiger partial charge is 0.494 e. The van der Waals surface area contributed by atoms with Crippen LogP contribution in [0.15, 0.2) is 48.6 Å². The molecule has 0 saturated heterocycles. The third-order valence-electron chi connectivity index (χ3n) is 4.53. The maximum absolute atomic E-state index is 13.0. The molecule has 0 radical (unpaired) electrons. The SMILES string of the molecule is C=C(C)CN(CC(=C)C)C(=O)C(Cc1ccc(OCCCCCCN)cc1)NC=O. The predicted molar refractivity (Wildman–Crippen MR) is 122 cm³/mol. The smallest absolute Gasteiger partial charge is 0.246 e. The number of nitrogens with zero attached hydrogens (tertiary/aromatic N) is 1. The van der Waals surface area contributed by atoms with Crippen LogP contribution < -0.4 is 15.8 Å². The van der Waals surface area contributed by atoms with Crippen LogP contribution in [-0.2, 0) is 16.0 Å².